The molecule has 1 amide bonds. The van der Waals surface area contributed by atoms with Gasteiger partial charge >= 0.3 is 0 Å². The molecule has 0 aliphatic carbocycles. The second-order valence-corrected chi connectivity index (χ2v) is 7.66. The van der Waals surface area contributed by atoms with E-state index in [0.717, 1.165) is 22.4 Å². The smallest absolute Gasteiger partial charge is 0.271 e. The van der Waals surface area contributed by atoms with Gasteiger partial charge in [0.15, 0.2) is 4.96 Å². The molecule has 0 bridgehead atoms. The fourth-order valence-corrected chi connectivity index (χ4v) is 3.84. The SMILES string of the molecule is Cc1ccc(-c2csc3ncc(C(=O)NCc4ccc(Cl)cc4)c(=O)n23)cc1. The van der Waals surface area contributed by atoms with Gasteiger partial charge in [-0.25, -0.2) is 4.98 Å². The first-order valence-corrected chi connectivity index (χ1v) is 9.87. The second kappa shape index (κ2) is 7.58. The summed E-state index contributed by atoms with van der Waals surface area (Å²) in [7, 11) is 0. The predicted molar refractivity (Wildman–Crippen MR) is 112 cm³/mol. The topological polar surface area (TPSA) is 63.5 Å². The minimum absolute atomic E-state index is 0.0122. The minimum atomic E-state index is -0.456. The van der Waals surface area contributed by atoms with Crippen molar-refractivity contribution in [3.63, 3.8) is 0 Å². The third kappa shape index (κ3) is 3.56. The Kier molecular flexibility index (Phi) is 4.98. The van der Waals surface area contributed by atoms with Crippen LogP contribution in [0.15, 0.2) is 64.9 Å². The molecule has 2 heterocycles. The van der Waals surface area contributed by atoms with E-state index in [1.54, 1.807) is 12.1 Å². The number of thiazole rings is 1. The van der Waals surface area contributed by atoms with Crippen LogP contribution in [0.5, 0.6) is 0 Å². The molecule has 28 heavy (non-hydrogen) atoms. The number of carbonyl (C=O) groups is 1. The van der Waals surface area contributed by atoms with Gasteiger partial charge in [-0.2, -0.15) is 0 Å². The third-order valence-electron chi connectivity index (χ3n) is 4.40. The zero-order chi connectivity index (χ0) is 19.7. The molecule has 5 nitrogen and oxygen atoms in total. The number of amides is 1. The standard InChI is InChI=1S/C21H16ClN3O2S/c1-13-2-6-15(7-3-13)18-12-28-21-24-11-17(20(27)25(18)21)19(26)23-10-14-4-8-16(22)9-5-14/h2-9,11-12H,10H2,1H3,(H,23,26). The highest BCUT2D eigenvalue weighted by atomic mass is 35.5. The maximum Gasteiger partial charge on any atom is 0.271 e. The molecule has 0 fully saturated rings. The first-order valence-electron chi connectivity index (χ1n) is 8.62. The lowest BCUT2D eigenvalue weighted by Gasteiger charge is -2.07. The fourth-order valence-electron chi connectivity index (χ4n) is 2.85. The van der Waals surface area contributed by atoms with Crippen LogP contribution in [-0.2, 0) is 6.54 Å². The summed E-state index contributed by atoms with van der Waals surface area (Å²) in [5.41, 5.74) is 3.29. The molecule has 2 aromatic carbocycles. The van der Waals surface area contributed by atoms with Gasteiger partial charge < -0.3 is 5.32 Å². The molecule has 4 rings (SSSR count). The Morgan fingerprint density at radius 2 is 1.86 bits per heavy atom. The Labute approximate surface area is 170 Å². The van der Waals surface area contributed by atoms with E-state index in [0.29, 0.717) is 16.5 Å². The number of aryl methyl sites for hydroxylation is 1. The molecule has 0 radical (unpaired) electrons. The Morgan fingerprint density at radius 1 is 1.14 bits per heavy atom. The van der Waals surface area contributed by atoms with E-state index in [1.165, 1.54) is 21.9 Å². The predicted octanol–water partition coefficient (Wildman–Crippen LogP) is 4.31. The van der Waals surface area contributed by atoms with Gasteiger partial charge in [0.05, 0.1) is 5.69 Å². The Bertz CT molecular complexity index is 1210. The summed E-state index contributed by atoms with van der Waals surface area (Å²) in [5, 5.41) is 5.27. The number of rotatable bonds is 4. The van der Waals surface area contributed by atoms with E-state index >= 15 is 0 Å². The molecule has 1 N–H and O–H groups in total. The molecule has 140 valence electrons. The van der Waals surface area contributed by atoms with Crippen LogP contribution in [0.25, 0.3) is 16.2 Å². The van der Waals surface area contributed by atoms with Gasteiger partial charge in [-0.05, 0) is 30.2 Å². The number of benzene rings is 2. The van der Waals surface area contributed by atoms with Gasteiger partial charge in [-0.15, -0.1) is 11.3 Å². The quantitative estimate of drug-likeness (QED) is 0.546. The van der Waals surface area contributed by atoms with Crippen molar-refractivity contribution >= 4 is 33.8 Å². The highest BCUT2D eigenvalue weighted by Gasteiger charge is 2.17. The van der Waals surface area contributed by atoms with Gasteiger partial charge in [0.2, 0.25) is 0 Å². The van der Waals surface area contributed by atoms with E-state index in [1.807, 2.05) is 48.7 Å². The minimum Gasteiger partial charge on any atom is -0.348 e. The number of hydrogen-bond acceptors (Lipinski definition) is 4. The zero-order valence-electron chi connectivity index (χ0n) is 15.0. The number of nitrogens with zero attached hydrogens (tertiary/aromatic N) is 2. The summed E-state index contributed by atoms with van der Waals surface area (Å²) in [6, 6.07) is 15.0. The summed E-state index contributed by atoms with van der Waals surface area (Å²) < 4.78 is 1.49. The lowest BCUT2D eigenvalue weighted by atomic mass is 10.1. The van der Waals surface area contributed by atoms with Crippen molar-refractivity contribution < 1.29 is 4.79 Å². The third-order valence-corrected chi connectivity index (χ3v) is 5.50. The van der Waals surface area contributed by atoms with E-state index < -0.39 is 5.91 Å². The summed E-state index contributed by atoms with van der Waals surface area (Å²) >= 11 is 7.24. The van der Waals surface area contributed by atoms with Crippen LogP contribution in [0.3, 0.4) is 0 Å². The first kappa shape index (κ1) is 18.4. The molecule has 0 aliphatic rings. The second-order valence-electron chi connectivity index (χ2n) is 6.39. The first-order chi connectivity index (χ1) is 13.5. The summed E-state index contributed by atoms with van der Waals surface area (Å²) in [5.74, 6) is -0.456. The lowest BCUT2D eigenvalue weighted by molar-refractivity contribution is 0.0949. The Hall–Kier alpha value is -2.96. The van der Waals surface area contributed by atoms with Crippen LogP contribution in [0, 0.1) is 6.92 Å². The molecule has 0 saturated heterocycles. The van der Waals surface area contributed by atoms with Gasteiger partial charge in [0.25, 0.3) is 11.5 Å². The van der Waals surface area contributed by atoms with E-state index in [-0.39, 0.29) is 11.1 Å². The van der Waals surface area contributed by atoms with Crippen LogP contribution < -0.4 is 10.9 Å². The largest absolute Gasteiger partial charge is 0.348 e. The van der Waals surface area contributed by atoms with Crippen molar-refractivity contribution in [2.75, 3.05) is 0 Å². The van der Waals surface area contributed by atoms with Crippen molar-refractivity contribution in [3.8, 4) is 11.3 Å². The maximum atomic E-state index is 13.0. The molecule has 0 atom stereocenters. The number of fused-ring (bicyclic) bond motifs is 1. The van der Waals surface area contributed by atoms with E-state index in [2.05, 4.69) is 10.3 Å². The van der Waals surface area contributed by atoms with Crippen LogP contribution in [0.4, 0.5) is 0 Å². The average Bonchev–Trinajstić information content (AvgIpc) is 3.13. The monoisotopic (exact) mass is 409 g/mol. The maximum absolute atomic E-state index is 13.0. The van der Waals surface area contributed by atoms with Gasteiger partial charge in [-0.3, -0.25) is 14.0 Å². The van der Waals surface area contributed by atoms with Gasteiger partial charge in [0, 0.05) is 23.1 Å². The molecule has 4 aromatic rings. The summed E-state index contributed by atoms with van der Waals surface area (Å²) in [6.45, 7) is 2.30. The van der Waals surface area contributed by atoms with Crippen molar-refractivity contribution in [2.45, 2.75) is 13.5 Å². The van der Waals surface area contributed by atoms with Crippen molar-refractivity contribution in [1.82, 2.24) is 14.7 Å². The molecule has 2 aromatic heterocycles. The Balaban J connectivity index is 1.66. The van der Waals surface area contributed by atoms with Crippen LogP contribution in [-0.4, -0.2) is 15.3 Å². The summed E-state index contributed by atoms with van der Waals surface area (Å²) in [4.78, 5) is 30.4. The summed E-state index contributed by atoms with van der Waals surface area (Å²) in [6.07, 6.45) is 1.34. The molecular formula is C21H16ClN3O2S. The van der Waals surface area contributed by atoms with Crippen LogP contribution >= 0.6 is 22.9 Å². The highest BCUT2D eigenvalue weighted by molar-refractivity contribution is 7.15. The molecule has 7 heteroatoms. The van der Waals surface area contributed by atoms with Crippen molar-refractivity contribution in [1.29, 1.82) is 0 Å². The Morgan fingerprint density at radius 3 is 2.57 bits per heavy atom. The molecule has 0 unspecified atom stereocenters. The zero-order valence-corrected chi connectivity index (χ0v) is 16.6. The molecule has 0 spiro atoms. The average molecular weight is 410 g/mol. The number of carbonyl (C=O) groups excluding carboxylic acids is 1. The van der Waals surface area contributed by atoms with Gasteiger partial charge in [-0.1, -0.05) is 53.6 Å². The number of halogens is 1. The number of aromatic nitrogens is 2. The highest BCUT2D eigenvalue weighted by Crippen LogP contribution is 2.24. The number of nitrogens with one attached hydrogen (secondary N) is 1. The number of hydrogen-bond donors (Lipinski definition) is 1. The van der Waals surface area contributed by atoms with Crippen LogP contribution in [0.1, 0.15) is 21.5 Å². The van der Waals surface area contributed by atoms with Crippen molar-refractivity contribution in [3.05, 3.63) is 92.2 Å². The normalized spacial score (nSPS) is 10.9. The van der Waals surface area contributed by atoms with E-state index in [4.69, 9.17) is 11.6 Å². The fraction of sp³-hybridized carbons (Fsp3) is 0.0952. The molecular weight excluding hydrogens is 394 g/mol. The van der Waals surface area contributed by atoms with E-state index in [9.17, 15) is 9.59 Å². The lowest BCUT2D eigenvalue weighted by Crippen LogP contribution is -2.31. The van der Waals surface area contributed by atoms with Gasteiger partial charge in [0.1, 0.15) is 5.56 Å². The van der Waals surface area contributed by atoms with Crippen LogP contribution in [0.2, 0.25) is 5.02 Å². The van der Waals surface area contributed by atoms with Crippen molar-refractivity contribution in [2.24, 2.45) is 0 Å². The molecule has 0 aliphatic heterocycles. The molecule has 0 saturated carbocycles.